The first-order valence-electron chi connectivity index (χ1n) is 7.81. The van der Waals surface area contributed by atoms with E-state index in [2.05, 4.69) is 14.6 Å². The molecule has 2 aromatic rings. The second kappa shape index (κ2) is 7.29. The Balaban J connectivity index is 1.59. The van der Waals surface area contributed by atoms with Gasteiger partial charge in [0.25, 0.3) is 0 Å². The summed E-state index contributed by atoms with van der Waals surface area (Å²) in [6.45, 7) is 4.39. The number of anilines is 1. The molecule has 5 nitrogen and oxygen atoms in total. The molecule has 3 rings (SSSR count). The van der Waals surface area contributed by atoms with Gasteiger partial charge in [0, 0.05) is 36.1 Å². The van der Waals surface area contributed by atoms with Crippen molar-refractivity contribution in [1.29, 1.82) is 0 Å². The maximum atomic E-state index is 12.4. The fraction of sp³-hybridized carbons (Fsp3) is 0.533. The van der Waals surface area contributed by atoms with E-state index < -0.39 is 10.0 Å². The lowest BCUT2D eigenvalue weighted by Crippen LogP contribution is -2.40. The molecule has 0 spiro atoms. The second-order valence-corrected chi connectivity index (χ2v) is 9.73. The molecule has 0 amide bonds. The molecule has 0 aromatic carbocycles. The third-order valence-electron chi connectivity index (χ3n) is 4.02. The molecule has 23 heavy (non-hydrogen) atoms. The van der Waals surface area contributed by atoms with Gasteiger partial charge in [0.15, 0.2) is 5.13 Å². The Kier molecular flexibility index (Phi) is 5.35. The summed E-state index contributed by atoms with van der Waals surface area (Å²) in [5, 5.41) is 3.01. The molecule has 1 fully saturated rings. The summed E-state index contributed by atoms with van der Waals surface area (Å²) in [6, 6.07) is 3.60. The molecule has 1 N–H and O–H groups in total. The number of aryl methyl sites for hydroxylation is 1. The summed E-state index contributed by atoms with van der Waals surface area (Å²) < 4.78 is 28.0. The molecular weight excluding hydrogens is 350 g/mol. The molecule has 2 aromatic heterocycles. The van der Waals surface area contributed by atoms with Crippen LogP contribution in [0.15, 0.2) is 27.9 Å². The van der Waals surface area contributed by atoms with E-state index in [-0.39, 0.29) is 0 Å². The number of nitrogens with zero attached hydrogens (tertiary/aromatic N) is 2. The van der Waals surface area contributed by atoms with Crippen LogP contribution in [-0.2, 0) is 16.4 Å². The van der Waals surface area contributed by atoms with Gasteiger partial charge < -0.3 is 4.90 Å². The maximum absolute atomic E-state index is 12.4. The first-order chi connectivity index (χ1) is 11.1. The maximum Gasteiger partial charge on any atom is 0.250 e. The Labute approximate surface area is 145 Å². The molecule has 3 heterocycles. The highest BCUT2D eigenvalue weighted by Crippen LogP contribution is 2.25. The molecule has 0 aliphatic carbocycles. The number of hydrogen-bond donors (Lipinski definition) is 1. The molecule has 1 atom stereocenters. The zero-order valence-corrected chi connectivity index (χ0v) is 15.5. The van der Waals surface area contributed by atoms with E-state index in [1.54, 1.807) is 17.4 Å². The summed E-state index contributed by atoms with van der Waals surface area (Å²) in [7, 11) is -3.38. The first kappa shape index (κ1) is 16.9. The molecular formula is C15H21N3O2S3. The highest BCUT2D eigenvalue weighted by atomic mass is 32.2. The molecule has 1 aliphatic rings. The van der Waals surface area contributed by atoms with E-state index >= 15 is 0 Å². The lowest BCUT2D eigenvalue weighted by atomic mass is 9.99. The van der Waals surface area contributed by atoms with E-state index in [0.717, 1.165) is 42.4 Å². The molecule has 1 saturated heterocycles. The average Bonchev–Trinajstić information content (AvgIpc) is 3.24. The van der Waals surface area contributed by atoms with Gasteiger partial charge in [0.1, 0.15) is 4.21 Å². The summed E-state index contributed by atoms with van der Waals surface area (Å²) in [5.41, 5.74) is 0. The Hall–Kier alpha value is -0.960. The van der Waals surface area contributed by atoms with E-state index in [1.807, 2.05) is 24.6 Å². The van der Waals surface area contributed by atoms with Gasteiger partial charge in [-0.15, -0.1) is 22.7 Å². The zero-order valence-electron chi connectivity index (χ0n) is 13.1. The minimum atomic E-state index is -3.38. The van der Waals surface area contributed by atoms with Crippen LogP contribution in [0.1, 0.15) is 24.6 Å². The van der Waals surface area contributed by atoms with Gasteiger partial charge in [0.2, 0.25) is 10.0 Å². The van der Waals surface area contributed by atoms with Gasteiger partial charge in [-0.25, -0.2) is 18.1 Å². The fourth-order valence-corrected chi connectivity index (χ4v) is 5.91. The number of rotatable bonds is 6. The molecule has 126 valence electrons. The third kappa shape index (κ3) is 4.12. The number of thiophene rings is 1. The van der Waals surface area contributed by atoms with Crippen molar-refractivity contribution in [2.45, 2.75) is 30.4 Å². The van der Waals surface area contributed by atoms with Crippen molar-refractivity contribution in [2.75, 3.05) is 24.5 Å². The normalized spacial score (nSPS) is 19.2. The van der Waals surface area contributed by atoms with E-state index in [0.29, 0.717) is 16.7 Å². The van der Waals surface area contributed by atoms with Crippen LogP contribution in [0.2, 0.25) is 0 Å². The van der Waals surface area contributed by atoms with Crippen molar-refractivity contribution in [2.24, 2.45) is 5.92 Å². The number of nitrogens with one attached hydrogen (secondary N) is 1. The molecule has 0 radical (unpaired) electrons. The second-order valence-electron chi connectivity index (χ2n) is 5.70. The van der Waals surface area contributed by atoms with Crippen LogP contribution in [0.5, 0.6) is 0 Å². The highest BCUT2D eigenvalue weighted by Gasteiger charge is 2.24. The van der Waals surface area contributed by atoms with Gasteiger partial charge in [0.05, 0.1) is 0 Å². The smallest absolute Gasteiger partial charge is 0.250 e. The number of thiazole rings is 1. The predicted octanol–water partition coefficient (Wildman–Crippen LogP) is 2.96. The lowest BCUT2D eigenvalue weighted by Gasteiger charge is -2.32. The number of aromatic nitrogens is 1. The molecule has 8 heteroatoms. The number of piperidine rings is 1. The minimum Gasteiger partial charge on any atom is -0.348 e. The van der Waals surface area contributed by atoms with Crippen molar-refractivity contribution in [1.82, 2.24) is 9.71 Å². The van der Waals surface area contributed by atoms with Crippen LogP contribution < -0.4 is 9.62 Å². The van der Waals surface area contributed by atoms with Gasteiger partial charge >= 0.3 is 0 Å². The molecule has 0 bridgehead atoms. The average molecular weight is 372 g/mol. The van der Waals surface area contributed by atoms with Crippen molar-refractivity contribution in [3.8, 4) is 0 Å². The zero-order chi connectivity index (χ0) is 16.3. The van der Waals surface area contributed by atoms with Gasteiger partial charge in [-0.2, -0.15) is 0 Å². The lowest BCUT2D eigenvalue weighted by molar-refractivity contribution is 0.411. The van der Waals surface area contributed by atoms with Crippen LogP contribution in [0, 0.1) is 5.92 Å². The minimum absolute atomic E-state index is 0.327. The SMILES string of the molecule is CCc1ccc(S(=O)(=O)NCC2CCCN(c3nccs3)C2)s1. The quantitative estimate of drug-likeness (QED) is 0.848. The summed E-state index contributed by atoms with van der Waals surface area (Å²) in [4.78, 5) is 7.70. The number of hydrogen-bond acceptors (Lipinski definition) is 6. The Morgan fingerprint density at radius 2 is 2.30 bits per heavy atom. The monoisotopic (exact) mass is 371 g/mol. The van der Waals surface area contributed by atoms with Gasteiger partial charge in [-0.05, 0) is 37.3 Å². The standard InChI is InChI=1S/C15H21N3O2S3/c1-2-13-5-6-14(22-13)23(19,20)17-10-12-4-3-8-18(11-12)15-16-7-9-21-15/h5-7,9,12,17H,2-4,8,10-11H2,1H3. The first-order valence-corrected chi connectivity index (χ1v) is 11.0. The van der Waals surface area contributed by atoms with Crippen LogP contribution in [-0.4, -0.2) is 33.0 Å². The molecule has 1 aliphatic heterocycles. The molecule has 0 saturated carbocycles. The predicted molar refractivity (Wildman–Crippen MR) is 95.9 cm³/mol. The van der Waals surface area contributed by atoms with Crippen LogP contribution in [0.3, 0.4) is 0 Å². The van der Waals surface area contributed by atoms with Gasteiger partial charge in [-0.1, -0.05) is 6.92 Å². The summed E-state index contributed by atoms with van der Waals surface area (Å²) >= 11 is 2.99. The van der Waals surface area contributed by atoms with Crippen LogP contribution >= 0.6 is 22.7 Å². The van der Waals surface area contributed by atoms with E-state index in [4.69, 9.17) is 0 Å². The Bertz CT molecular complexity index is 725. The Morgan fingerprint density at radius 3 is 3.00 bits per heavy atom. The third-order valence-corrected chi connectivity index (χ3v) is 8.00. The topological polar surface area (TPSA) is 62.3 Å². The van der Waals surface area contributed by atoms with Crippen molar-refractivity contribution in [3.63, 3.8) is 0 Å². The summed E-state index contributed by atoms with van der Waals surface area (Å²) in [6.07, 6.45) is 4.81. The van der Waals surface area contributed by atoms with Crippen LogP contribution in [0.4, 0.5) is 5.13 Å². The van der Waals surface area contributed by atoms with E-state index in [9.17, 15) is 8.42 Å². The van der Waals surface area contributed by atoms with Crippen molar-refractivity contribution < 1.29 is 8.42 Å². The number of sulfonamides is 1. The van der Waals surface area contributed by atoms with E-state index in [1.165, 1.54) is 11.3 Å². The van der Waals surface area contributed by atoms with Crippen LogP contribution in [0.25, 0.3) is 0 Å². The largest absolute Gasteiger partial charge is 0.348 e. The fourth-order valence-electron chi connectivity index (χ4n) is 2.77. The van der Waals surface area contributed by atoms with Crippen molar-refractivity contribution >= 4 is 37.8 Å². The van der Waals surface area contributed by atoms with Crippen molar-refractivity contribution in [3.05, 3.63) is 28.6 Å². The van der Waals surface area contributed by atoms with Gasteiger partial charge in [-0.3, -0.25) is 0 Å². The Morgan fingerprint density at radius 1 is 1.43 bits per heavy atom. The molecule has 1 unspecified atom stereocenters. The summed E-state index contributed by atoms with van der Waals surface area (Å²) in [5.74, 6) is 0.327. The highest BCUT2D eigenvalue weighted by molar-refractivity contribution is 7.91.